The zero-order valence-corrected chi connectivity index (χ0v) is 16.7. The average Bonchev–Trinajstić information content (AvgIpc) is 3.25. The number of rotatable bonds is 5. The maximum absolute atomic E-state index is 12.2. The van der Waals surface area contributed by atoms with Gasteiger partial charge >= 0.3 is 0 Å². The van der Waals surface area contributed by atoms with Gasteiger partial charge in [-0.25, -0.2) is 9.97 Å². The summed E-state index contributed by atoms with van der Waals surface area (Å²) in [4.78, 5) is 30.3. The van der Waals surface area contributed by atoms with E-state index in [1.165, 1.54) is 28.7 Å². The fourth-order valence-corrected chi connectivity index (χ4v) is 4.59. The van der Waals surface area contributed by atoms with E-state index in [-0.39, 0.29) is 12.3 Å². The quantitative estimate of drug-likeness (QED) is 0.809. The number of likely N-dealkylation sites (N-methyl/N-ethyl adjacent to an activating group) is 1. The summed E-state index contributed by atoms with van der Waals surface area (Å²) in [6.45, 7) is 7.90. The molecule has 3 heterocycles. The van der Waals surface area contributed by atoms with Crippen molar-refractivity contribution in [2.75, 3.05) is 26.0 Å². The first kappa shape index (κ1) is 17.3. The molecule has 0 bridgehead atoms. The molecule has 7 heteroatoms. The van der Waals surface area contributed by atoms with Gasteiger partial charge in [0.1, 0.15) is 16.5 Å². The molecule has 2 aliphatic rings. The Morgan fingerprint density at radius 3 is 2.62 bits per heavy atom. The van der Waals surface area contributed by atoms with Gasteiger partial charge in [0.05, 0.1) is 18.4 Å². The van der Waals surface area contributed by atoms with Crippen molar-refractivity contribution in [3.63, 3.8) is 0 Å². The van der Waals surface area contributed by atoms with Crippen LogP contribution >= 0.6 is 11.3 Å². The lowest BCUT2D eigenvalue weighted by Crippen LogP contribution is -2.26. The molecule has 2 aromatic heterocycles. The zero-order chi connectivity index (χ0) is 18.6. The van der Waals surface area contributed by atoms with E-state index >= 15 is 0 Å². The number of hydrogen-bond donors (Lipinski definition) is 0. The van der Waals surface area contributed by atoms with Crippen LogP contribution in [-0.2, 0) is 24.3 Å². The topological polar surface area (TPSA) is 52.6 Å². The van der Waals surface area contributed by atoms with E-state index in [4.69, 9.17) is 9.97 Å². The Labute approximate surface area is 158 Å². The molecule has 138 valence electrons. The number of thiophene rings is 1. The third-order valence-electron chi connectivity index (χ3n) is 5.22. The van der Waals surface area contributed by atoms with Crippen LogP contribution in [0.1, 0.15) is 36.0 Å². The van der Waals surface area contributed by atoms with Gasteiger partial charge in [-0.3, -0.25) is 4.79 Å². The molecule has 0 spiro atoms. The van der Waals surface area contributed by atoms with Gasteiger partial charge in [0.25, 0.3) is 0 Å². The van der Waals surface area contributed by atoms with Gasteiger partial charge < -0.3 is 14.7 Å². The lowest BCUT2D eigenvalue weighted by Gasteiger charge is -2.21. The van der Waals surface area contributed by atoms with Crippen molar-refractivity contribution in [2.45, 2.75) is 45.3 Å². The number of amides is 1. The zero-order valence-electron chi connectivity index (χ0n) is 15.9. The molecular formula is C19H25N5OS. The van der Waals surface area contributed by atoms with E-state index in [0.717, 1.165) is 29.4 Å². The Morgan fingerprint density at radius 2 is 2.00 bits per heavy atom. The molecule has 26 heavy (non-hydrogen) atoms. The van der Waals surface area contributed by atoms with E-state index in [2.05, 4.69) is 30.4 Å². The summed E-state index contributed by atoms with van der Waals surface area (Å²) >= 11 is 1.74. The molecule has 1 amide bonds. The second-order valence-electron chi connectivity index (χ2n) is 7.55. The second kappa shape index (κ2) is 6.23. The molecule has 4 rings (SSSR count). The summed E-state index contributed by atoms with van der Waals surface area (Å²) in [5.41, 5.74) is 2.42. The van der Waals surface area contributed by atoms with Crippen molar-refractivity contribution in [3.8, 4) is 0 Å². The third-order valence-corrected chi connectivity index (χ3v) is 6.33. The number of allylic oxidation sites excluding steroid dienone is 1. The van der Waals surface area contributed by atoms with E-state index in [1.54, 1.807) is 30.3 Å². The van der Waals surface area contributed by atoms with E-state index in [1.807, 2.05) is 0 Å². The molecule has 1 aliphatic carbocycles. The van der Waals surface area contributed by atoms with Crippen molar-refractivity contribution in [2.24, 2.45) is 0 Å². The van der Waals surface area contributed by atoms with Gasteiger partial charge in [0.15, 0.2) is 0 Å². The molecule has 0 unspecified atom stereocenters. The number of anilines is 1. The standard InChI is InChI=1S/C19H25N5OS/c1-11(2)24-9-13-14(10-24)26-19-17(13)18(23(5)12-6-7-12)20-15(21-19)8-16(25)22(3)4/h12H,1,6-10H2,2-5H3. The Hall–Kier alpha value is -2.15. The number of aromatic nitrogens is 2. The minimum atomic E-state index is 0.0296. The summed E-state index contributed by atoms with van der Waals surface area (Å²) in [5, 5.41) is 1.17. The van der Waals surface area contributed by atoms with Crippen molar-refractivity contribution >= 4 is 33.3 Å². The Morgan fingerprint density at radius 1 is 1.27 bits per heavy atom. The normalized spacial score (nSPS) is 16.1. The summed E-state index contributed by atoms with van der Waals surface area (Å²) < 4.78 is 0. The predicted molar refractivity (Wildman–Crippen MR) is 105 cm³/mol. The van der Waals surface area contributed by atoms with Gasteiger partial charge in [-0.2, -0.15) is 0 Å². The molecule has 0 saturated heterocycles. The minimum absolute atomic E-state index is 0.0296. The highest BCUT2D eigenvalue weighted by Crippen LogP contribution is 2.43. The molecular weight excluding hydrogens is 346 g/mol. The van der Waals surface area contributed by atoms with Crippen LogP contribution in [0.3, 0.4) is 0 Å². The number of nitrogens with zero attached hydrogens (tertiary/aromatic N) is 5. The molecule has 2 aromatic rings. The Bertz CT molecular complexity index is 899. The first-order chi connectivity index (χ1) is 12.3. The number of hydrogen-bond acceptors (Lipinski definition) is 6. The molecule has 1 fully saturated rings. The summed E-state index contributed by atoms with van der Waals surface area (Å²) in [6, 6.07) is 0.555. The predicted octanol–water partition coefficient (Wildman–Crippen LogP) is 2.77. The van der Waals surface area contributed by atoms with Crippen molar-refractivity contribution in [3.05, 3.63) is 28.5 Å². The number of carbonyl (C=O) groups is 1. The molecule has 1 aliphatic heterocycles. The number of fused-ring (bicyclic) bond motifs is 3. The average molecular weight is 372 g/mol. The monoisotopic (exact) mass is 371 g/mol. The van der Waals surface area contributed by atoms with Gasteiger partial charge in [0.2, 0.25) is 5.91 Å². The molecule has 6 nitrogen and oxygen atoms in total. The van der Waals surface area contributed by atoms with E-state index in [9.17, 15) is 4.79 Å². The van der Waals surface area contributed by atoms with Crippen LogP contribution < -0.4 is 4.90 Å². The minimum Gasteiger partial charge on any atom is -0.366 e. The molecule has 0 aromatic carbocycles. The molecule has 1 saturated carbocycles. The molecule has 0 atom stereocenters. The van der Waals surface area contributed by atoms with Crippen molar-refractivity contribution in [1.82, 2.24) is 19.8 Å². The van der Waals surface area contributed by atoms with Crippen LogP contribution in [0.4, 0.5) is 5.82 Å². The lowest BCUT2D eigenvalue weighted by atomic mass is 10.2. The maximum Gasteiger partial charge on any atom is 0.229 e. The largest absolute Gasteiger partial charge is 0.366 e. The summed E-state index contributed by atoms with van der Waals surface area (Å²) in [7, 11) is 5.65. The van der Waals surface area contributed by atoms with Crippen LogP contribution in [0.5, 0.6) is 0 Å². The Balaban J connectivity index is 1.80. The third kappa shape index (κ3) is 2.94. The van der Waals surface area contributed by atoms with E-state index in [0.29, 0.717) is 11.9 Å². The highest BCUT2D eigenvalue weighted by atomic mass is 32.1. The van der Waals surface area contributed by atoms with Crippen LogP contribution in [0.25, 0.3) is 10.2 Å². The number of carbonyl (C=O) groups excluding carboxylic acids is 1. The van der Waals surface area contributed by atoms with Crippen molar-refractivity contribution < 1.29 is 4.79 Å². The fourth-order valence-electron chi connectivity index (χ4n) is 3.37. The van der Waals surface area contributed by atoms with E-state index < -0.39 is 0 Å². The maximum atomic E-state index is 12.2. The lowest BCUT2D eigenvalue weighted by molar-refractivity contribution is -0.128. The van der Waals surface area contributed by atoms with Crippen LogP contribution in [0, 0.1) is 0 Å². The van der Waals surface area contributed by atoms with Crippen LogP contribution in [0.15, 0.2) is 12.3 Å². The molecule has 0 N–H and O–H groups in total. The first-order valence-corrected chi connectivity index (χ1v) is 9.81. The smallest absolute Gasteiger partial charge is 0.229 e. The molecule has 0 radical (unpaired) electrons. The van der Waals surface area contributed by atoms with Crippen LogP contribution in [-0.4, -0.2) is 52.9 Å². The highest BCUT2D eigenvalue weighted by Gasteiger charge is 2.32. The van der Waals surface area contributed by atoms with Crippen LogP contribution in [0.2, 0.25) is 0 Å². The second-order valence-corrected chi connectivity index (χ2v) is 8.63. The fraction of sp³-hybridized carbons (Fsp3) is 0.526. The summed E-state index contributed by atoms with van der Waals surface area (Å²) in [5.74, 6) is 1.64. The van der Waals surface area contributed by atoms with Gasteiger partial charge in [-0.15, -0.1) is 11.3 Å². The highest BCUT2D eigenvalue weighted by molar-refractivity contribution is 7.19. The Kier molecular flexibility index (Phi) is 4.14. The van der Waals surface area contributed by atoms with Gasteiger partial charge in [-0.1, -0.05) is 6.58 Å². The van der Waals surface area contributed by atoms with Crippen molar-refractivity contribution in [1.29, 1.82) is 0 Å². The summed E-state index contributed by atoms with van der Waals surface area (Å²) in [6.07, 6.45) is 2.66. The SMILES string of the molecule is C=C(C)N1Cc2sc3nc(CC(=O)N(C)C)nc(N(C)C4CC4)c3c2C1. The van der Waals surface area contributed by atoms with Gasteiger partial charge in [-0.05, 0) is 19.8 Å². The first-order valence-electron chi connectivity index (χ1n) is 8.99. The van der Waals surface area contributed by atoms with Gasteiger partial charge in [0, 0.05) is 49.9 Å².